The van der Waals surface area contributed by atoms with E-state index in [9.17, 15) is 0 Å². The van der Waals surface area contributed by atoms with Crippen LogP contribution in [0.3, 0.4) is 0 Å². The zero-order chi connectivity index (χ0) is 19.5. The molecule has 138 valence electrons. The van der Waals surface area contributed by atoms with E-state index in [0.717, 1.165) is 22.9 Å². The normalized spacial score (nSPS) is 13.3. The van der Waals surface area contributed by atoms with Crippen LogP contribution in [0.1, 0.15) is 5.56 Å². The molecule has 0 unspecified atom stereocenters. The summed E-state index contributed by atoms with van der Waals surface area (Å²) >= 11 is 2.43. The summed E-state index contributed by atoms with van der Waals surface area (Å²) in [5.41, 5.74) is 8.49. The molecular formula is C24H16BIN2O. The smallest absolute Gasteiger partial charge is 0.258 e. The van der Waals surface area contributed by atoms with Crippen LogP contribution in [0, 0.1) is 10.5 Å². The van der Waals surface area contributed by atoms with Gasteiger partial charge in [-0.05, 0) is 70.8 Å². The fourth-order valence-electron chi connectivity index (χ4n) is 4.65. The highest BCUT2D eigenvalue weighted by molar-refractivity contribution is 14.1. The standard InChI is InChI=1S/C24H16BIN2O/c1-15-7-5-11-18-22(15)25-23-17(26)10-6-12-20(23)29-21-14-27-13-19(24(21)25)28(18)16-8-3-2-4-9-16/h2-14H,1H3. The summed E-state index contributed by atoms with van der Waals surface area (Å²) in [6.45, 7) is 2.34. The van der Waals surface area contributed by atoms with Crippen molar-refractivity contribution in [2.75, 3.05) is 4.90 Å². The molecule has 0 aliphatic carbocycles. The third-order valence-electron chi connectivity index (χ3n) is 5.83. The molecule has 0 saturated heterocycles. The molecule has 2 aliphatic heterocycles. The van der Waals surface area contributed by atoms with Crippen LogP contribution < -0.4 is 26.0 Å². The summed E-state index contributed by atoms with van der Waals surface area (Å²) in [6, 6.07) is 23.3. The molecule has 0 fully saturated rings. The molecule has 29 heavy (non-hydrogen) atoms. The van der Waals surface area contributed by atoms with E-state index in [-0.39, 0.29) is 6.71 Å². The maximum absolute atomic E-state index is 6.35. The Morgan fingerprint density at radius 3 is 2.48 bits per heavy atom. The first-order valence-electron chi connectivity index (χ1n) is 9.63. The maximum atomic E-state index is 6.35. The molecule has 3 nitrogen and oxygen atoms in total. The van der Waals surface area contributed by atoms with Crippen molar-refractivity contribution in [3.63, 3.8) is 0 Å². The Morgan fingerprint density at radius 1 is 0.793 bits per heavy atom. The monoisotopic (exact) mass is 486 g/mol. The van der Waals surface area contributed by atoms with E-state index in [0.29, 0.717) is 0 Å². The van der Waals surface area contributed by atoms with Crippen molar-refractivity contribution in [3.8, 4) is 11.5 Å². The van der Waals surface area contributed by atoms with E-state index < -0.39 is 0 Å². The minimum atomic E-state index is 0.135. The van der Waals surface area contributed by atoms with Crippen molar-refractivity contribution >= 4 is 62.8 Å². The molecular weight excluding hydrogens is 470 g/mol. The zero-order valence-corrected chi connectivity index (χ0v) is 17.9. The number of ether oxygens (including phenoxy) is 1. The highest BCUT2D eigenvalue weighted by atomic mass is 127. The van der Waals surface area contributed by atoms with Gasteiger partial charge in [0.25, 0.3) is 6.71 Å². The topological polar surface area (TPSA) is 25.4 Å². The molecule has 2 aliphatic rings. The van der Waals surface area contributed by atoms with Crippen LogP contribution in [0.5, 0.6) is 11.5 Å². The Morgan fingerprint density at radius 2 is 1.62 bits per heavy atom. The molecule has 4 aromatic rings. The first-order valence-corrected chi connectivity index (χ1v) is 10.7. The average Bonchev–Trinajstić information content (AvgIpc) is 2.74. The number of hydrogen-bond donors (Lipinski definition) is 0. The summed E-state index contributed by atoms with van der Waals surface area (Å²) in [4.78, 5) is 6.85. The second-order valence-corrected chi connectivity index (χ2v) is 8.60. The lowest BCUT2D eigenvalue weighted by Crippen LogP contribution is -2.61. The van der Waals surface area contributed by atoms with Gasteiger partial charge < -0.3 is 9.64 Å². The van der Waals surface area contributed by atoms with Gasteiger partial charge in [0.2, 0.25) is 0 Å². The molecule has 6 rings (SSSR count). The molecule has 0 N–H and O–H groups in total. The number of pyridine rings is 1. The van der Waals surface area contributed by atoms with E-state index in [4.69, 9.17) is 4.74 Å². The Bertz CT molecular complexity index is 1260. The first-order chi connectivity index (χ1) is 14.2. The van der Waals surface area contributed by atoms with Gasteiger partial charge in [0.1, 0.15) is 11.5 Å². The van der Waals surface area contributed by atoms with Gasteiger partial charge in [-0.2, -0.15) is 0 Å². The fraction of sp³-hybridized carbons (Fsp3) is 0.0417. The SMILES string of the molecule is Cc1cccc2c1B1c3c(I)cccc3Oc3cncc(c31)N2c1ccccc1. The van der Waals surface area contributed by atoms with Crippen LogP contribution in [0.4, 0.5) is 17.1 Å². The predicted molar refractivity (Wildman–Crippen MR) is 128 cm³/mol. The number of anilines is 3. The van der Waals surface area contributed by atoms with Crippen LogP contribution in [0.25, 0.3) is 0 Å². The van der Waals surface area contributed by atoms with Gasteiger partial charge in [0.05, 0.1) is 18.1 Å². The van der Waals surface area contributed by atoms with Gasteiger partial charge in [-0.25, -0.2) is 0 Å². The molecule has 5 heteroatoms. The first kappa shape index (κ1) is 17.1. The highest BCUT2D eigenvalue weighted by Crippen LogP contribution is 2.40. The number of aromatic nitrogens is 1. The van der Waals surface area contributed by atoms with E-state index >= 15 is 0 Å². The maximum Gasteiger partial charge on any atom is 0.258 e. The summed E-state index contributed by atoms with van der Waals surface area (Å²) in [5.74, 6) is 1.77. The number of aryl methyl sites for hydroxylation is 1. The Balaban J connectivity index is 1.74. The van der Waals surface area contributed by atoms with Crippen LogP contribution in [-0.2, 0) is 0 Å². The lowest BCUT2D eigenvalue weighted by molar-refractivity contribution is 0.485. The van der Waals surface area contributed by atoms with Gasteiger partial charge in [0, 0.05) is 20.4 Å². The summed E-state index contributed by atoms with van der Waals surface area (Å²) in [6.07, 6.45) is 3.81. The second kappa shape index (κ2) is 6.35. The van der Waals surface area contributed by atoms with Crippen LogP contribution in [0.15, 0.2) is 79.1 Å². The largest absolute Gasteiger partial charge is 0.457 e. The van der Waals surface area contributed by atoms with Gasteiger partial charge in [-0.1, -0.05) is 42.0 Å². The molecule has 1 aromatic heterocycles. The minimum Gasteiger partial charge on any atom is -0.457 e. The van der Waals surface area contributed by atoms with Crippen molar-refractivity contribution in [2.45, 2.75) is 6.92 Å². The number of hydrogen-bond acceptors (Lipinski definition) is 3. The van der Waals surface area contributed by atoms with E-state index in [1.54, 1.807) is 0 Å². The number of fused-ring (bicyclic) bond motifs is 4. The molecule has 3 heterocycles. The van der Waals surface area contributed by atoms with Gasteiger partial charge >= 0.3 is 0 Å². The number of nitrogens with zero attached hydrogens (tertiary/aromatic N) is 2. The van der Waals surface area contributed by atoms with Crippen molar-refractivity contribution in [1.29, 1.82) is 0 Å². The van der Waals surface area contributed by atoms with Crippen molar-refractivity contribution in [3.05, 3.63) is 88.3 Å². The number of rotatable bonds is 1. The second-order valence-electron chi connectivity index (χ2n) is 7.44. The third-order valence-corrected chi connectivity index (χ3v) is 6.77. The van der Waals surface area contributed by atoms with Crippen molar-refractivity contribution < 1.29 is 4.74 Å². The summed E-state index contributed by atoms with van der Waals surface area (Å²) < 4.78 is 7.57. The zero-order valence-electron chi connectivity index (χ0n) is 15.8. The van der Waals surface area contributed by atoms with E-state index in [1.165, 1.54) is 31.2 Å². The summed E-state index contributed by atoms with van der Waals surface area (Å²) in [5, 5.41) is 0. The minimum absolute atomic E-state index is 0.135. The number of halogens is 1. The number of para-hydroxylation sites is 1. The van der Waals surface area contributed by atoms with Gasteiger partial charge in [0.15, 0.2) is 0 Å². The average molecular weight is 486 g/mol. The van der Waals surface area contributed by atoms with Crippen molar-refractivity contribution in [1.82, 2.24) is 4.98 Å². The van der Waals surface area contributed by atoms with E-state index in [1.807, 2.05) is 18.5 Å². The quantitative estimate of drug-likeness (QED) is 0.255. The molecule has 0 radical (unpaired) electrons. The Kier molecular flexibility index (Phi) is 3.75. The van der Waals surface area contributed by atoms with Gasteiger partial charge in [-0.3, -0.25) is 4.98 Å². The molecule has 0 saturated carbocycles. The fourth-order valence-corrected chi connectivity index (χ4v) is 5.43. The highest BCUT2D eigenvalue weighted by Gasteiger charge is 2.43. The molecule has 0 atom stereocenters. The molecule has 0 bridgehead atoms. The predicted octanol–water partition coefficient (Wildman–Crippen LogP) is 4.40. The van der Waals surface area contributed by atoms with Crippen LogP contribution >= 0.6 is 22.6 Å². The lowest BCUT2D eigenvalue weighted by Gasteiger charge is -2.40. The van der Waals surface area contributed by atoms with E-state index in [2.05, 4.69) is 100 Å². The Hall–Kier alpha value is -2.80. The Labute approximate surface area is 183 Å². The number of benzene rings is 3. The molecule has 0 spiro atoms. The lowest BCUT2D eigenvalue weighted by atomic mass is 9.33. The van der Waals surface area contributed by atoms with Crippen molar-refractivity contribution in [2.24, 2.45) is 0 Å². The summed E-state index contributed by atoms with van der Waals surface area (Å²) in [7, 11) is 0. The molecule has 3 aromatic carbocycles. The molecule has 0 amide bonds. The van der Waals surface area contributed by atoms with Crippen LogP contribution in [-0.4, -0.2) is 11.7 Å². The van der Waals surface area contributed by atoms with Gasteiger partial charge in [-0.15, -0.1) is 0 Å². The third kappa shape index (κ3) is 2.40. The van der Waals surface area contributed by atoms with Crippen LogP contribution in [0.2, 0.25) is 0 Å².